The molecule has 0 fully saturated rings. The third-order valence-corrected chi connectivity index (χ3v) is 4.24. The average Bonchev–Trinajstić information content (AvgIpc) is 3.24. The minimum Gasteiger partial charge on any atom is -0.496 e. The molecule has 1 aromatic heterocycles. The largest absolute Gasteiger partial charge is 0.496 e. The van der Waals surface area contributed by atoms with E-state index in [1.807, 2.05) is 30.3 Å². The van der Waals surface area contributed by atoms with Crippen LogP contribution >= 0.6 is 0 Å². The van der Waals surface area contributed by atoms with E-state index in [1.54, 1.807) is 33.5 Å². The average molecular weight is 398 g/mol. The van der Waals surface area contributed by atoms with Crippen molar-refractivity contribution >= 4 is 5.97 Å². The normalized spacial score (nSPS) is 10.4. The third kappa shape index (κ3) is 5.04. The van der Waals surface area contributed by atoms with Crippen molar-refractivity contribution in [2.45, 2.75) is 19.4 Å². The molecule has 3 aromatic rings. The Labute approximate surface area is 168 Å². The van der Waals surface area contributed by atoms with Crippen molar-refractivity contribution in [1.82, 2.24) is 10.1 Å². The van der Waals surface area contributed by atoms with Crippen molar-refractivity contribution in [2.24, 2.45) is 0 Å². The van der Waals surface area contributed by atoms with Crippen molar-refractivity contribution in [3.8, 4) is 28.6 Å². The number of hydrogen-bond acceptors (Lipinski definition) is 8. The first-order valence-electron chi connectivity index (χ1n) is 8.97. The number of carbonyl (C=O) groups is 1. The Morgan fingerprint density at radius 3 is 2.48 bits per heavy atom. The number of carbonyl (C=O) groups excluding carboxylic acids is 1. The summed E-state index contributed by atoms with van der Waals surface area (Å²) in [4.78, 5) is 16.3. The van der Waals surface area contributed by atoms with E-state index >= 15 is 0 Å². The predicted molar refractivity (Wildman–Crippen MR) is 104 cm³/mol. The maximum Gasteiger partial charge on any atom is 0.306 e. The lowest BCUT2D eigenvalue weighted by atomic mass is 10.1. The molecule has 0 unspecified atom stereocenters. The lowest BCUT2D eigenvalue weighted by Gasteiger charge is -2.09. The summed E-state index contributed by atoms with van der Waals surface area (Å²) in [6.45, 7) is -0.0904. The molecule has 0 saturated heterocycles. The highest BCUT2D eigenvalue weighted by atomic mass is 16.6. The van der Waals surface area contributed by atoms with E-state index in [0.29, 0.717) is 35.1 Å². The zero-order chi connectivity index (χ0) is 20.6. The van der Waals surface area contributed by atoms with Gasteiger partial charge in [-0.05, 0) is 36.2 Å². The molecule has 152 valence electrons. The predicted octanol–water partition coefficient (Wildman–Crippen LogP) is 3.44. The summed E-state index contributed by atoms with van der Waals surface area (Å²) in [5.41, 5.74) is 1.64. The van der Waals surface area contributed by atoms with Gasteiger partial charge < -0.3 is 23.5 Å². The Bertz CT molecular complexity index is 969. The van der Waals surface area contributed by atoms with E-state index < -0.39 is 0 Å². The van der Waals surface area contributed by atoms with Crippen LogP contribution < -0.4 is 14.2 Å². The number of para-hydroxylation sites is 1. The fraction of sp³-hybridized carbons (Fsp3) is 0.286. The molecular formula is C21H22N2O6. The molecule has 0 N–H and O–H groups in total. The molecule has 8 heteroatoms. The van der Waals surface area contributed by atoms with Crippen LogP contribution in [-0.2, 0) is 22.6 Å². The molecule has 0 saturated carbocycles. The van der Waals surface area contributed by atoms with E-state index in [-0.39, 0.29) is 24.9 Å². The maximum absolute atomic E-state index is 12.1. The van der Waals surface area contributed by atoms with E-state index in [4.69, 9.17) is 23.5 Å². The molecule has 0 atom stereocenters. The lowest BCUT2D eigenvalue weighted by molar-refractivity contribution is -0.145. The summed E-state index contributed by atoms with van der Waals surface area (Å²) in [6, 6.07) is 12.8. The van der Waals surface area contributed by atoms with Crippen LogP contribution in [0.4, 0.5) is 0 Å². The van der Waals surface area contributed by atoms with Gasteiger partial charge in [0.25, 0.3) is 5.89 Å². The van der Waals surface area contributed by atoms with Crippen molar-refractivity contribution in [3.63, 3.8) is 0 Å². The Morgan fingerprint density at radius 2 is 1.72 bits per heavy atom. The number of methoxy groups -OCH3 is 3. The summed E-state index contributed by atoms with van der Waals surface area (Å²) in [6.07, 6.45) is 0.721. The molecule has 0 radical (unpaired) electrons. The van der Waals surface area contributed by atoms with Gasteiger partial charge in [-0.2, -0.15) is 4.98 Å². The first-order chi connectivity index (χ1) is 14.1. The number of ether oxygens (including phenoxy) is 4. The maximum atomic E-state index is 12.1. The van der Waals surface area contributed by atoms with Crippen LogP contribution in [0.1, 0.15) is 17.9 Å². The summed E-state index contributed by atoms with van der Waals surface area (Å²) in [7, 11) is 4.71. The Morgan fingerprint density at radius 1 is 0.966 bits per heavy atom. The topological polar surface area (TPSA) is 92.9 Å². The molecule has 3 rings (SSSR count). The van der Waals surface area contributed by atoms with E-state index in [2.05, 4.69) is 10.1 Å². The monoisotopic (exact) mass is 398 g/mol. The highest BCUT2D eigenvalue weighted by Crippen LogP contribution is 2.28. The van der Waals surface area contributed by atoms with Gasteiger partial charge in [-0.15, -0.1) is 0 Å². The molecule has 0 aliphatic carbocycles. The number of aryl methyl sites for hydroxylation is 1. The zero-order valence-corrected chi connectivity index (χ0v) is 16.5. The zero-order valence-electron chi connectivity index (χ0n) is 16.5. The molecule has 0 spiro atoms. The van der Waals surface area contributed by atoms with Gasteiger partial charge >= 0.3 is 5.97 Å². The first kappa shape index (κ1) is 20.2. The molecule has 0 aliphatic heterocycles. The summed E-state index contributed by atoms with van der Waals surface area (Å²) < 4.78 is 26.2. The van der Waals surface area contributed by atoms with Crippen LogP contribution in [0, 0.1) is 0 Å². The van der Waals surface area contributed by atoms with Gasteiger partial charge in [0.1, 0.15) is 5.75 Å². The van der Waals surface area contributed by atoms with Gasteiger partial charge in [-0.1, -0.05) is 23.4 Å². The Kier molecular flexibility index (Phi) is 6.67. The van der Waals surface area contributed by atoms with Crippen molar-refractivity contribution in [2.75, 3.05) is 21.3 Å². The second-order valence-corrected chi connectivity index (χ2v) is 6.06. The summed E-state index contributed by atoms with van der Waals surface area (Å²) >= 11 is 0. The van der Waals surface area contributed by atoms with Crippen molar-refractivity contribution < 1.29 is 28.3 Å². The van der Waals surface area contributed by atoms with E-state index in [0.717, 1.165) is 5.56 Å². The van der Waals surface area contributed by atoms with Gasteiger partial charge in [0.15, 0.2) is 18.1 Å². The standard InChI is InChI=1S/C21H22N2O6/c1-25-16-7-5-4-6-15(16)21-22-19(29-23-21)13-28-20(24)11-9-14-8-10-17(26-2)18(12-14)27-3/h4-8,10,12H,9,11,13H2,1-3H3. The van der Waals surface area contributed by atoms with Gasteiger partial charge in [-0.25, -0.2) is 0 Å². The highest BCUT2D eigenvalue weighted by Gasteiger charge is 2.14. The van der Waals surface area contributed by atoms with Crippen LogP contribution in [0.15, 0.2) is 47.0 Å². The van der Waals surface area contributed by atoms with Gasteiger partial charge in [0, 0.05) is 6.42 Å². The molecule has 1 heterocycles. The van der Waals surface area contributed by atoms with Crippen LogP contribution in [0.25, 0.3) is 11.4 Å². The van der Waals surface area contributed by atoms with Crippen LogP contribution in [0.5, 0.6) is 17.2 Å². The molecule has 0 amide bonds. The number of esters is 1. The second kappa shape index (κ2) is 9.59. The highest BCUT2D eigenvalue weighted by molar-refractivity contribution is 5.69. The number of rotatable bonds is 9. The van der Waals surface area contributed by atoms with Crippen LogP contribution in [0.2, 0.25) is 0 Å². The number of aromatic nitrogens is 2. The van der Waals surface area contributed by atoms with Gasteiger partial charge in [-0.3, -0.25) is 4.79 Å². The van der Waals surface area contributed by atoms with Crippen LogP contribution in [0.3, 0.4) is 0 Å². The van der Waals surface area contributed by atoms with Gasteiger partial charge in [0.2, 0.25) is 5.82 Å². The second-order valence-electron chi connectivity index (χ2n) is 6.06. The van der Waals surface area contributed by atoms with Crippen LogP contribution in [-0.4, -0.2) is 37.4 Å². The molecular weight excluding hydrogens is 376 g/mol. The molecule has 2 aromatic carbocycles. The van der Waals surface area contributed by atoms with Crippen molar-refractivity contribution in [3.05, 3.63) is 53.9 Å². The third-order valence-electron chi connectivity index (χ3n) is 4.24. The van der Waals surface area contributed by atoms with Crippen molar-refractivity contribution in [1.29, 1.82) is 0 Å². The molecule has 8 nitrogen and oxygen atoms in total. The summed E-state index contributed by atoms with van der Waals surface area (Å²) in [5.74, 6) is 2.11. The number of benzene rings is 2. The molecule has 29 heavy (non-hydrogen) atoms. The molecule has 0 bridgehead atoms. The minimum atomic E-state index is -0.364. The minimum absolute atomic E-state index is 0.0904. The Balaban J connectivity index is 1.53. The lowest BCUT2D eigenvalue weighted by Crippen LogP contribution is -2.06. The molecule has 0 aliphatic rings. The van der Waals surface area contributed by atoms with E-state index in [9.17, 15) is 4.79 Å². The smallest absolute Gasteiger partial charge is 0.306 e. The number of nitrogens with zero attached hydrogens (tertiary/aromatic N) is 2. The fourth-order valence-electron chi connectivity index (χ4n) is 2.75. The van der Waals surface area contributed by atoms with E-state index in [1.165, 1.54) is 0 Å². The Hall–Kier alpha value is -3.55. The SMILES string of the molecule is COc1ccc(CCC(=O)OCc2nc(-c3ccccc3OC)no2)cc1OC. The first-order valence-corrected chi connectivity index (χ1v) is 8.97. The fourth-order valence-corrected chi connectivity index (χ4v) is 2.75. The van der Waals surface area contributed by atoms with Gasteiger partial charge in [0.05, 0.1) is 26.9 Å². The quantitative estimate of drug-likeness (QED) is 0.506. The summed E-state index contributed by atoms with van der Waals surface area (Å²) in [5, 5.41) is 3.92. The number of hydrogen-bond donors (Lipinski definition) is 0.